The average molecular weight is 381 g/mol. The lowest BCUT2D eigenvalue weighted by atomic mass is 10.1. The number of oxazole rings is 1. The molecular weight excluding hydrogens is 362 g/mol. The molecule has 0 spiro atoms. The van der Waals surface area contributed by atoms with Crippen molar-refractivity contribution in [2.75, 3.05) is 18.4 Å². The SMILES string of the molecule is CC(=O)N1CCC(Nc2cc(C(=O)O)nc(-c3cccc4ncoc34)n2)CC1. The topological polar surface area (TPSA) is 121 Å². The molecule has 28 heavy (non-hydrogen) atoms. The predicted molar refractivity (Wildman–Crippen MR) is 101 cm³/mol. The minimum Gasteiger partial charge on any atom is -0.477 e. The molecule has 1 aliphatic heterocycles. The van der Waals surface area contributed by atoms with Crippen molar-refractivity contribution in [3.8, 4) is 11.4 Å². The molecule has 0 aliphatic carbocycles. The van der Waals surface area contributed by atoms with Crippen LogP contribution in [-0.4, -0.2) is 56.0 Å². The number of amides is 1. The van der Waals surface area contributed by atoms with Gasteiger partial charge in [-0.15, -0.1) is 0 Å². The number of carbonyl (C=O) groups excluding carboxylic acids is 1. The number of piperidine rings is 1. The number of para-hydroxylation sites is 1. The van der Waals surface area contributed by atoms with Crippen LogP contribution in [0.2, 0.25) is 0 Å². The normalized spacial score (nSPS) is 15.0. The number of benzene rings is 1. The minimum atomic E-state index is -1.14. The Morgan fingerprint density at radius 3 is 2.75 bits per heavy atom. The van der Waals surface area contributed by atoms with Crippen molar-refractivity contribution in [1.82, 2.24) is 19.9 Å². The van der Waals surface area contributed by atoms with Crippen molar-refractivity contribution in [3.63, 3.8) is 0 Å². The molecular formula is C19H19N5O4. The second-order valence-corrected chi connectivity index (χ2v) is 6.70. The summed E-state index contributed by atoms with van der Waals surface area (Å²) in [5.41, 5.74) is 1.62. The molecule has 3 aromatic rings. The lowest BCUT2D eigenvalue weighted by Gasteiger charge is -2.32. The van der Waals surface area contributed by atoms with Gasteiger partial charge >= 0.3 is 5.97 Å². The summed E-state index contributed by atoms with van der Waals surface area (Å²) in [5, 5.41) is 12.7. The lowest BCUT2D eigenvalue weighted by molar-refractivity contribution is -0.129. The minimum absolute atomic E-state index is 0.0658. The van der Waals surface area contributed by atoms with Crippen molar-refractivity contribution >= 4 is 28.8 Å². The van der Waals surface area contributed by atoms with Gasteiger partial charge in [-0.1, -0.05) is 6.07 Å². The Labute approximate surface area is 160 Å². The van der Waals surface area contributed by atoms with E-state index in [4.69, 9.17) is 4.42 Å². The molecule has 4 rings (SSSR count). The molecule has 1 aromatic carbocycles. The maximum Gasteiger partial charge on any atom is 0.354 e. The van der Waals surface area contributed by atoms with E-state index in [1.165, 1.54) is 12.5 Å². The fraction of sp³-hybridized carbons (Fsp3) is 0.316. The smallest absolute Gasteiger partial charge is 0.354 e. The Morgan fingerprint density at radius 1 is 1.25 bits per heavy atom. The van der Waals surface area contributed by atoms with E-state index in [1.807, 2.05) is 0 Å². The number of nitrogens with zero attached hydrogens (tertiary/aromatic N) is 4. The third kappa shape index (κ3) is 3.51. The number of rotatable bonds is 4. The Balaban J connectivity index is 1.64. The van der Waals surface area contributed by atoms with Crippen molar-refractivity contribution in [2.45, 2.75) is 25.8 Å². The van der Waals surface area contributed by atoms with Gasteiger partial charge in [0.05, 0.1) is 5.56 Å². The Morgan fingerprint density at radius 2 is 2.04 bits per heavy atom. The van der Waals surface area contributed by atoms with Crippen molar-refractivity contribution in [1.29, 1.82) is 0 Å². The van der Waals surface area contributed by atoms with Crippen LogP contribution < -0.4 is 5.32 Å². The number of carboxylic acid groups (broad SMARTS) is 1. The highest BCUT2D eigenvalue weighted by Gasteiger charge is 2.22. The number of nitrogens with one attached hydrogen (secondary N) is 1. The molecule has 9 heteroatoms. The summed E-state index contributed by atoms with van der Waals surface area (Å²) in [4.78, 5) is 37.6. The zero-order valence-corrected chi connectivity index (χ0v) is 15.3. The number of fused-ring (bicyclic) bond motifs is 1. The summed E-state index contributed by atoms with van der Waals surface area (Å²) >= 11 is 0. The molecule has 9 nitrogen and oxygen atoms in total. The fourth-order valence-electron chi connectivity index (χ4n) is 3.36. The zero-order valence-electron chi connectivity index (χ0n) is 15.3. The Kier molecular flexibility index (Phi) is 4.64. The highest BCUT2D eigenvalue weighted by molar-refractivity contribution is 5.90. The summed E-state index contributed by atoms with van der Waals surface area (Å²) in [6.45, 7) is 2.88. The number of hydrogen-bond donors (Lipinski definition) is 2. The first kappa shape index (κ1) is 17.9. The molecule has 0 radical (unpaired) electrons. The Hall–Kier alpha value is -3.49. The molecule has 0 bridgehead atoms. The van der Waals surface area contributed by atoms with Crippen LogP contribution in [0.15, 0.2) is 35.1 Å². The second-order valence-electron chi connectivity index (χ2n) is 6.70. The molecule has 2 N–H and O–H groups in total. The van der Waals surface area contributed by atoms with Gasteiger partial charge in [-0.3, -0.25) is 4.79 Å². The fourth-order valence-corrected chi connectivity index (χ4v) is 3.36. The first-order valence-corrected chi connectivity index (χ1v) is 8.98. The van der Waals surface area contributed by atoms with Crippen LogP contribution in [0.4, 0.5) is 5.82 Å². The van der Waals surface area contributed by atoms with Gasteiger partial charge < -0.3 is 19.7 Å². The van der Waals surface area contributed by atoms with E-state index < -0.39 is 5.97 Å². The maximum absolute atomic E-state index is 11.6. The number of aromatic nitrogens is 3. The summed E-state index contributed by atoms with van der Waals surface area (Å²) in [7, 11) is 0. The molecule has 0 saturated carbocycles. The number of carbonyl (C=O) groups is 2. The standard InChI is InChI=1S/C19H19N5O4/c1-11(25)24-7-5-12(6-8-24)21-16-9-15(19(26)27)22-18(23-16)13-3-2-4-14-17(13)28-10-20-14/h2-4,9-10,12H,5-8H2,1H3,(H,26,27)(H,21,22,23). The van der Waals surface area contributed by atoms with Gasteiger partial charge in [0, 0.05) is 32.1 Å². The average Bonchev–Trinajstić information content (AvgIpc) is 3.17. The van der Waals surface area contributed by atoms with Crippen LogP contribution in [0.1, 0.15) is 30.3 Å². The van der Waals surface area contributed by atoms with Crippen molar-refractivity contribution in [2.24, 2.45) is 0 Å². The largest absolute Gasteiger partial charge is 0.477 e. The van der Waals surface area contributed by atoms with E-state index in [2.05, 4.69) is 20.3 Å². The van der Waals surface area contributed by atoms with Gasteiger partial charge in [-0.25, -0.2) is 19.7 Å². The molecule has 0 atom stereocenters. The van der Waals surface area contributed by atoms with Crippen LogP contribution >= 0.6 is 0 Å². The maximum atomic E-state index is 11.6. The molecule has 1 saturated heterocycles. The highest BCUT2D eigenvalue weighted by atomic mass is 16.4. The van der Waals surface area contributed by atoms with Gasteiger partial charge in [0.2, 0.25) is 5.91 Å². The number of hydrogen-bond acceptors (Lipinski definition) is 7. The predicted octanol–water partition coefficient (Wildman–Crippen LogP) is 2.41. The molecule has 1 aliphatic rings. The van der Waals surface area contributed by atoms with E-state index in [0.717, 1.165) is 12.8 Å². The number of likely N-dealkylation sites (tertiary alicyclic amines) is 1. The van der Waals surface area contributed by atoms with Crippen LogP contribution in [0.5, 0.6) is 0 Å². The van der Waals surface area contributed by atoms with Crippen LogP contribution in [0.3, 0.4) is 0 Å². The molecule has 2 aromatic heterocycles. The van der Waals surface area contributed by atoms with Crippen LogP contribution in [-0.2, 0) is 4.79 Å². The first-order chi connectivity index (χ1) is 13.5. The van der Waals surface area contributed by atoms with Gasteiger partial charge in [0.25, 0.3) is 0 Å². The lowest BCUT2D eigenvalue weighted by Crippen LogP contribution is -2.41. The number of aromatic carboxylic acids is 1. The van der Waals surface area contributed by atoms with E-state index in [0.29, 0.717) is 35.6 Å². The number of anilines is 1. The van der Waals surface area contributed by atoms with E-state index in [9.17, 15) is 14.7 Å². The summed E-state index contributed by atoms with van der Waals surface area (Å²) in [5.74, 6) is -0.384. The molecule has 3 heterocycles. The van der Waals surface area contributed by atoms with E-state index in [1.54, 1.807) is 30.0 Å². The van der Waals surface area contributed by atoms with Gasteiger partial charge in [-0.2, -0.15) is 0 Å². The van der Waals surface area contributed by atoms with Crippen molar-refractivity contribution in [3.05, 3.63) is 36.4 Å². The van der Waals surface area contributed by atoms with E-state index in [-0.39, 0.29) is 23.5 Å². The summed E-state index contributed by atoms with van der Waals surface area (Å²) in [6, 6.07) is 6.88. The van der Waals surface area contributed by atoms with Gasteiger partial charge in [-0.05, 0) is 25.0 Å². The highest BCUT2D eigenvalue weighted by Crippen LogP contribution is 2.27. The monoisotopic (exact) mass is 381 g/mol. The molecule has 1 fully saturated rings. The first-order valence-electron chi connectivity index (χ1n) is 8.98. The molecule has 0 unspecified atom stereocenters. The van der Waals surface area contributed by atoms with Gasteiger partial charge in [0.1, 0.15) is 11.3 Å². The van der Waals surface area contributed by atoms with Crippen LogP contribution in [0, 0.1) is 0 Å². The van der Waals surface area contributed by atoms with E-state index >= 15 is 0 Å². The molecule has 144 valence electrons. The summed E-state index contributed by atoms with van der Waals surface area (Å²) in [6.07, 6.45) is 2.86. The third-order valence-electron chi connectivity index (χ3n) is 4.84. The Bertz CT molecular complexity index is 1040. The third-order valence-corrected chi connectivity index (χ3v) is 4.84. The van der Waals surface area contributed by atoms with Gasteiger partial charge in [0.15, 0.2) is 23.5 Å². The van der Waals surface area contributed by atoms with Crippen molar-refractivity contribution < 1.29 is 19.1 Å². The zero-order chi connectivity index (χ0) is 19.7. The second kappa shape index (κ2) is 7.26. The molecule has 1 amide bonds. The quantitative estimate of drug-likeness (QED) is 0.706. The number of carboxylic acids is 1. The summed E-state index contributed by atoms with van der Waals surface area (Å²) < 4.78 is 5.43. The van der Waals surface area contributed by atoms with Crippen LogP contribution in [0.25, 0.3) is 22.5 Å².